The molecule has 2 amide bonds. The van der Waals surface area contributed by atoms with Gasteiger partial charge in [-0.2, -0.15) is 0 Å². The Labute approximate surface area is 99.0 Å². The second-order valence-corrected chi connectivity index (χ2v) is 3.73. The van der Waals surface area contributed by atoms with Crippen LogP contribution in [0.3, 0.4) is 0 Å². The molecule has 1 aromatic rings. The largest absolute Gasteiger partial charge is 0.370 e. The molecule has 5 heteroatoms. The number of unbranched alkanes of at least 4 members (excludes halogenated alkanes) is 1. The minimum atomic E-state index is -0.357. The standard InChI is InChI=1S/C12H15FN2O2/c13-9-5-7-10(8-6-9)15-12(17)4-2-1-3-11(14)16/h5-8H,1-4H2,(H2,14,16)(H,15,17). The van der Waals surface area contributed by atoms with Crippen LogP contribution in [0.15, 0.2) is 24.3 Å². The summed E-state index contributed by atoms with van der Waals surface area (Å²) in [5, 5.41) is 2.64. The van der Waals surface area contributed by atoms with E-state index in [0.29, 0.717) is 31.4 Å². The fourth-order valence-corrected chi connectivity index (χ4v) is 1.34. The van der Waals surface area contributed by atoms with Crippen LogP contribution in [0.25, 0.3) is 0 Å². The number of primary amides is 1. The lowest BCUT2D eigenvalue weighted by atomic mass is 10.2. The van der Waals surface area contributed by atoms with Gasteiger partial charge >= 0.3 is 0 Å². The number of amides is 2. The second kappa shape index (κ2) is 6.62. The first-order chi connectivity index (χ1) is 8.08. The Morgan fingerprint density at radius 2 is 1.71 bits per heavy atom. The molecule has 17 heavy (non-hydrogen) atoms. The highest BCUT2D eigenvalue weighted by Gasteiger charge is 2.03. The number of halogens is 1. The van der Waals surface area contributed by atoms with Gasteiger partial charge < -0.3 is 11.1 Å². The number of carbonyl (C=O) groups excluding carboxylic acids is 2. The summed E-state index contributed by atoms with van der Waals surface area (Å²) in [4.78, 5) is 21.9. The fourth-order valence-electron chi connectivity index (χ4n) is 1.34. The lowest BCUT2D eigenvalue weighted by Crippen LogP contribution is -2.13. The van der Waals surface area contributed by atoms with Crippen LogP contribution >= 0.6 is 0 Å². The molecule has 0 fully saturated rings. The summed E-state index contributed by atoms with van der Waals surface area (Å²) in [6.45, 7) is 0. The number of nitrogens with two attached hydrogens (primary N) is 1. The van der Waals surface area contributed by atoms with Crippen LogP contribution in [0.1, 0.15) is 25.7 Å². The van der Waals surface area contributed by atoms with Gasteiger partial charge in [-0.05, 0) is 37.1 Å². The Morgan fingerprint density at radius 1 is 1.12 bits per heavy atom. The summed E-state index contributed by atoms with van der Waals surface area (Å²) in [7, 11) is 0. The van der Waals surface area contributed by atoms with Gasteiger partial charge in [-0.1, -0.05) is 0 Å². The van der Waals surface area contributed by atoms with Crippen molar-refractivity contribution in [2.45, 2.75) is 25.7 Å². The first-order valence-electron chi connectivity index (χ1n) is 5.41. The van der Waals surface area contributed by atoms with E-state index in [1.54, 1.807) is 0 Å². The molecule has 0 atom stereocenters. The zero-order chi connectivity index (χ0) is 12.7. The van der Waals surface area contributed by atoms with E-state index in [9.17, 15) is 14.0 Å². The zero-order valence-electron chi connectivity index (χ0n) is 9.41. The van der Waals surface area contributed by atoms with E-state index < -0.39 is 0 Å². The van der Waals surface area contributed by atoms with Crippen LogP contribution in [-0.4, -0.2) is 11.8 Å². The molecule has 0 saturated heterocycles. The third-order valence-corrected chi connectivity index (χ3v) is 2.20. The number of rotatable bonds is 6. The van der Waals surface area contributed by atoms with Crippen molar-refractivity contribution in [1.29, 1.82) is 0 Å². The maximum Gasteiger partial charge on any atom is 0.224 e. The van der Waals surface area contributed by atoms with Crippen LogP contribution in [0, 0.1) is 5.82 Å². The number of nitrogens with one attached hydrogen (secondary N) is 1. The average Bonchev–Trinajstić information content (AvgIpc) is 2.27. The average molecular weight is 238 g/mol. The summed E-state index contributed by atoms with van der Waals surface area (Å²) < 4.78 is 12.6. The van der Waals surface area contributed by atoms with Crippen molar-refractivity contribution in [3.63, 3.8) is 0 Å². The van der Waals surface area contributed by atoms with Crippen LogP contribution in [-0.2, 0) is 9.59 Å². The SMILES string of the molecule is NC(=O)CCCCC(=O)Nc1ccc(F)cc1. The Bertz CT molecular complexity index is 390. The van der Waals surface area contributed by atoms with E-state index in [-0.39, 0.29) is 17.6 Å². The summed E-state index contributed by atoms with van der Waals surface area (Å²) in [6.07, 6.45) is 1.83. The van der Waals surface area contributed by atoms with E-state index in [1.165, 1.54) is 24.3 Å². The second-order valence-electron chi connectivity index (χ2n) is 3.73. The maximum absolute atomic E-state index is 12.6. The smallest absolute Gasteiger partial charge is 0.224 e. The summed E-state index contributed by atoms with van der Waals surface area (Å²) in [6, 6.07) is 5.55. The van der Waals surface area contributed by atoms with Crippen LogP contribution in [0.4, 0.5) is 10.1 Å². The van der Waals surface area contributed by atoms with E-state index in [4.69, 9.17) is 5.73 Å². The minimum Gasteiger partial charge on any atom is -0.370 e. The molecule has 0 aliphatic rings. The van der Waals surface area contributed by atoms with Gasteiger partial charge in [0.05, 0.1) is 0 Å². The molecular formula is C12H15FN2O2. The van der Waals surface area contributed by atoms with E-state index in [0.717, 1.165) is 0 Å². The predicted molar refractivity (Wildman–Crippen MR) is 62.7 cm³/mol. The van der Waals surface area contributed by atoms with Crippen LogP contribution in [0.2, 0.25) is 0 Å². The van der Waals surface area contributed by atoms with E-state index >= 15 is 0 Å². The molecule has 0 radical (unpaired) electrons. The van der Waals surface area contributed by atoms with Gasteiger partial charge in [0.2, 0.25) is 11.8 Å². The van der Waals surface area contributed by atoms with Gasteiger partial charge in [0.1, 0.15) is 5.82 Å². The molecule has 0 spiro atoms. The number of benzene rings is 1. The van der Waals surface area contributed by atoms with Crippen molar-refractivity contribution in [3.05, 3.63) is 30.1 Å². The first kappa shape index (κ1) is 13.2. The topological polar surface area (TPSA) is 72.2 Å². The Balaban J connectivity index is 2.25. The normalized spacial score (nSPS) is 9.94. The fraction of sp³-hybridized carbons (Fsp3) is 0.333. The Morgan fingerprint density at radius 3 is 2.29 bits per heavy atom. The summed E-state index contributed by atoms with van der Waals surface area (Å²) >= 11 is 0. The molecule has 3 N–H and O–H groups in total. The van der Waals surface area contributed by atoms with Gasteiger partial charge in [0.25, 0.3) is 0 Å². The Hall–Kier alpha value is -1.91. The van der Waals surface area contributed by atoms with Crippen LogP contribution in [0.5, 0.6) is 0 Å². The van der Waals surface area contributed by atoms with E-state index in [1.807, 2.05) is 0 Å². The molecule has 1 rings (SSSR count). The summed E-state index contributed by atoms with van der Waals surface area (Å²) in [5.74, 6) is -0.852. The third kappa shape index (κ3) is 5.65. The lowest BCUT2D eigenvalue weighted by molar-refractivity contribution is -0.119. The first-order valence-corrected chi connectivity index (χ1v) is 5.41. The van der Waals surface area contributed by atoms with Crippen molar-refractivity contribution in [1.82, 2.24) is 0 Å². The Kier molecular flexibility index (Phi) is 5.13. The molecule has 0 aromatic heterocycles. The highest BCUT2D eigenvalue weighted by atomic mass is 19.1. The molecule has 4 nitrogen and oxygen atoms in total. The molecule has 1 aromatic carbocycles. The summed E-state index contributed by atoms with van der Waals surface area (Å²) in [5.41, 5.74) is 5.53. The van der Waals surface area contributed by atoms with Crippen molar-refractivity contribution >= 4 is 17.5 Å². The monoisotopic (exact) mass is 238 g/mol. The zero-order valence-corrected chi connectivity index (χ0v) is 9.41. The number of hydrogen-bond acceptors (Lipinski definition) is 2. The van der Waals surface area contributed by atoms with Gasteiger partial charge in [-0.3, -0.25) is 9.59 Å². The molecule has 0 aliphatic heterocycles. The quantitative estimate of drug-likeness (QED) is 0.742. The molecule has 0 aliphatic carbocycles. The molecular weight excluding hydrogens is 223 g/mol. The van der Waals surface area contributed by atoms with Crippen molar-refractivity contribution in [2.24, 2.45) is 5.73 Å². The predicted octanol–water partition coefficient (Wildman–Crippen LogP) is 1.81. The number of hydrogen-bond donors (Lipinski definition) is 2. The van der Waals surface area contributed by atoms with Crippen molar-refractivity contribution < 1.29 is 14.0 Å². The highest BCUT2D eigenvalue weighted by Crippen LogP contribution is 2.09. The molecule has 0 saturated carbocycles. The van der Waals surface area contributed by atoms with E-state index in [2.05, 4.69) is 5.32 Å². The number of carbonyl (C=O) groups is 2. The molecule has 0 heterocycles. The third-order valence-electron chi connectivity index (χ3n) is 2.20. The van der Waals surface area contributed by atoms with Gasteiger partial charge in [0, 0.05) is 18.5 Å². The van der Waals surface area contributed by atoms with Crippen molar-refractivity contribution in [2.75, 3.05) is 5.32 Å². The van der Waals surface area contributed by atoms with Gasteiger partial charge in [0.15, 0.2) is 0 Å². The lowest BCUT2D eigenvalue weighted by Gasteiger charge is -2.04. The minimum absolute atomic E-state index is 0.152. The molecule has 0 unspecified atom stereocenters. The number of anilines is 1. The van der Waals surface area contributed by atoms with Gasteiger partial charge in [-0.25, -0.2) is 4.39 Å². The molecule has 0 bridgehead atoms. The highest BCUT2D eigenvalue weighted by molar-refractivity contribution is 5.90. The van der Waals surface area contributed by atoms with Crippen LogP contribution < -0.4 is 11.1 Å². The molecule has 92 valence electrons. The maximum atomic E-state index is 12.6. The van der Waals surface area contributed by atoms with Gasteiger partial charge in [-0.15, -0.1) is 0 Å². The van der Waals surface area contributed by atoms with Crippen molar-refractivity contribution in [3.8, 4) is 0 Å².